The number of likely N-dealkylation sites (tertiary alicyclic amines) is 1. The number of hydrogen-bond acceptors (Lipinski definition) is 4. The van der Waals surface area contributed by atoms with Crippen molar-refractivity contribution in [2.24, 2.45) is 0 Å². The maximum atomic E-state index is 5.98. The first kappa shape index (κ1) is 13.8. The molecule has 0 saturated carbocycles. The van der Waals surface area contributed by atoms with Gasteiger partial charge in [-0.05, 0) is 38.8 Å². The van der Waals surface area contributed by atoms with E-state index in [-0.39, 0.29) is 5.60 Å². The summed E-state index contributed by atoms with van der Waals surface area (Å²) in [6.45, 7) is 7.51. The summed E-state index contributed by atoms with van der Waals surface area (Å²) >= 11 is 0. The number of piperidine rings is 1. The Morgan fingerprint density at radius 3 is 2.84 bits per heavy atom. The number of nitrogens with zero attached hydrogens (tertiary/aromatic N) is 1. The first-order valence-electron chi connectivity index (χ1n) is 8.04. The summed E-state index contributed by atoms with van der Waals surface area (Å²) in [5.74, 6) is 0. The highest BCUT2D eigenvalue weighted by atomic mass is 16.6. The summed E-state index contributed by atoms with van der Waals surface area (Å²) in [4.78, 5) is 2.60. The summed E-state index contributed by atoms with van der Waals surface area (Å²) in [7, 11) is 0. The topological polar surface area (TPSA) is 33.7 Å². The van der Waals surface area contributed by atoms with Crippen molar-refractivity contribution in [3.05, 3.63) is 0 Å². The van der Waals surface area contributed by atoms with E-state index in [4.69, 9.17) is 9.47 Å². The van der Waals surface area contributed by atoms with Crippen LogP contribution in [-0.4, -0.2) is 62.5 Å². The lowest BCUT2D eigenvalue weighted by atomic mass is 9.90. The fraction of sp³-hybridized carbons (Fsp3) is 1.00. The maximum absolute atomic E-state index is 5.98. The number of hydrogen-bond donors (Lipinski definition) is 1. The van der Waals surface area contributed by atoms with Gasteiger partial charge >= 0.3 is 0 Å². The molecule has 3 saturated heterocycles. The summed E-state index contributed by atoms with van der Waals surface area (Å²) in [6.07, 6.45) is 7.56. The molecule has 3 rings (SSSR count). The molecule has 0 aromatic heterocycles. The zero-order chi connectivity index (χ0) is 13.0. The second-order valence-corrected chi connectivity index (χ2v) is 6.38. The summed E-state index contributed by atoms with van der Waals surface area (Å²) in [5.41, 5.74) is 0.0427. The van der Waals surface area contributed by atoms with Crippen LogP contribution < -0.4 is 5.32 Å². The molecule has 2 unspecified atom stereocenters. The molecule has 3 aliphatic rings. The molecule has 1 spiro atoms. The Kier molecular flexibility index (Phi) is 4.74. The zero-order valence-electron chi connectivity index (χ0n) is 12.0. The van der Waals surface area contributed by atoms with Crippen molar-refractivity contribution in [2.45, 2.75) is 50.2 Å². The maximum Gasteiger partial charge on any atom is 0.0951 e. The van der Waals surface area contributed by atoms with Crippen molar-refractivity contribution in [1.29, 1.82) is 0 Å². The molecular weight excluding hydrogens is 240 g/mol. The standard InChI is InChI=1S/C15H28N2O2/c1-2-7-17(8-3-1)9-6-16-14-4-10-19-15(12-14)5-11-18-13-15/h14,16H,1-13H2. The van der Waals surface area contributed by atoms with Gasteiger partial charge in [-0.15, -0.1) is 0 Å². The molecule has 1 N–H and O–H groups in total. The average Bonchev–Trinajstić information content (AvgIpc) is 2.88. The highest BCUT2D eigenvalue weighted by Gasteiger charge is 2.40. The molecule has 19 heavy (non-hydrogen) atoms. The fourth-order valence-electron chi connectivity index (χ4n) is 3.68. The Balaban J connectivity index is 1.37. The Labute approximate surface area is 116 Å². The molecule has 4 heteroatoms. The van der Waals surface area contributed by atoms with Gasteiger partial charge in [-0.2, -0.15) is 0 Å². The lowest BCUT2D eigenvalue weighted by Crippen LogP contribution is -2.49. The number of ether oxygens (including phenoxy) is 2. The molecule has 110 valence electrons. The highest BCUT2D eigenvalue weighted by molar-refractivity contribution is 4.92. The van der Waals surface area contributed by atoms with Gasteiger partial charge in [0, 0.05) is 38.8 Å². The quantitative estimate of drug-likeness (QED) is 0.836. The van der Waals surface area contributed by atoms with Gasteiger partial charge in [-0.25, -0.2) is 0 Å². The van der Waals surface area contributed by atoms with Gasteiger partial charge in [0.1, 0.15) is 0 Å². The minimum atomic E-state index is 0.0427. The smallest absolute Gasteiger partial charge is 0.0951 e. The van der Waals surface area contributed by atoms with E-state index >= 15 is 0 Å². The Morgan fingerprint density at radius 2 is 2.05 bits per heavy atom. The van der Waals surface area contributed by atoms with E-state index in [1.807, 2.05) is 0 Å². The molecule has 0 aromatic carbocycles. The van der Waals surface area contributed by atoms with E-state index in [9.17, 15) is 0 Å². The molecule has 3 aliphatic heterocycles. The van der Waals surface area contributed by atoms with Crippen molar-refractivity contribution >= 4 is 0 Å². The molecule has 0 amide bonds. The van der Waals surface area contributed by atoms with Gasteiger partial charge in [0.15, 0.2) is 0 Å². The van der Waals surface area contributed by atoms with E-state index in [0.717, 1.165) is 45.6 Å². The minimum Gasteiger partial charge on any atom is -0.378 e. The van der Waals surface area contributed by atoms with Crippen LogP contribution in [0.3, 0.4) is 0 Å². The molecular formula is C15H28N2O2. The second kappa shape index (κ2) is 6.53. The number of rotatable bonds is 4. The third kappa shape index (κ3) is 3.69. The van der Waals surface area contributed by atoms with Crippen molar-refractivity contribution < 1.29 is 9.47 Å². The predicted molar refractivity (Wildman–Crippen MR) is 75.4 cm³/mol. The van der Waals surface area contributed by atoms with Gasteiger partial charge in [0.25, 0.3) is 0 Å². The van der Waals surface area contributed by atoms with Crippen LogP contribution in [-0.2, 0) is 9.47 Å². The Hall–Kier alpha value is -0.160. The first-order valence-corrected chi connectivity index (χ1v) is 8.04. The molecule has 2 atom stereocenters. The van der Waals surface area contributed by atoms with Gasteiger partial charge in [-0.3, -0.25) is 0 Å². The zero-order valence-corrected chi connectivity index (χ0v) is 12.0. The third-order valence-electron chi connectivity index (χ3n) is 4.87. The van der Waals surface area contributed by atoms with Crippen LogP contribution in [0.1, 0.15) is 38.5 Å². The third-order valence-corrected chi connectivity index (χ3v) is 4.87. The lowest BCUT2D eigenvalue weighted by molar-refractivity contribution is -0.0893. The van der Waals surface area contributed by atoms with Crippen LogP contribution in [0.2, 0.25) is 0 Å². The summed E-state index contributed by atoms with van der Waals surface area (Å²) in [5, 5.41) is 3.74. The number of nitrogens with one attached hydrogen (secondary N) is 1. The van der Waals surface area contributed by atoms with Gasteiger partial charge in [0.05, 0.1) is 12.2 Å². The molecule has 3 fully saturated rings. The largest absolute Gasteiger partial charge is 0.378 e. The molecule has 4 nitrogen and oxygen atoms in total. The highest BCUT2D eigenvalue weighted by Crippen LogP contribution is 2.32. The summed E-state index contributed by atoms with van der Waals surface area (Å²) < 4.78 is 11.5. The average molecular weight is 268 g/mol. The van der Waals surface area contributed by atoms with Crippen LogP contribution >= 0.6 is 0 Å². The molecule has 0 aliphatic carbocycles. The van der Waals surface area contributed by atoms with Gasteiger partial charge < -0.3 is 19.7 Å². The Bertz CT molecular complexity index is 273. The molecule has 3 heterocycles. The van der Waals surface area contributed by atoms with Crippen molar-refractivity contribution in [3.8, 4) is 0 Å². The first-order chi connectivity index (χ1) is 9.36. The van der Waals surface area contributed by atoms with Crippen LogP contribution in [0.25, 0.3) is 0 Å². The van der Waals surface area contributed by atoms with E-state index in [1.54, 1.807) is 0 Å². The second-order valence-electron chi connectivity index (χ2n) is 6.38. The molecule has 0 radical (unpaired) electrons. The van der Waals surface area contributed by atoms with E-state index < -0.39 is 0 Å². The fourth-order valence-corrected chi connectivity index (χ4v) is 3.68. The molecule has 0 bridgehead atoms. The minimum absolute atomic E-state index is 0.0427. The van der Waals surface area contributed by atoms with Gasteiger partial charge in [0.2, 0.25) is 0 Å². The molecule has 0 aromatic rings. The van der Waals surface area contributed by atoms with Crippen molar-refractivity contribution in [2.75, 3.05) is 46.0 Å². The SMILES string of the molecule is C1CCN(CCNC2CCOC3(CCOC3)C2)CC1. The van der Waals surface area contributed by atoms with E-state index in [2.05, 4.69) is 10.2 Å². The normalized spacial score (nSPS) is 36.9. The monoisotopic (exact) mass is 268 g/mol. The van der Waals surface area contributed by atoms with Crippen LogP contribution in [0.15, 0.2) is 0 Å². The van der Waals surface area contributed by atoms with Gasteiger partial charge in [-0.1, -0.05) is 6.42 Å². The van der Waals surface area contributed by atoms with E-state index in [0.29, 0.717) is 6.04 Å². The predicted octanol–water partition coefficient (Wildman–Crippen LogP) is 1.40. The van der Waals surface area contributed by atoms with Crippen LogP contribution in [0.5, 0.6) is 0 Å². The van der Waals surface area contributed by atoms with Crippen molar-refractivity contribution in [3.63, 3.8) is 0 Å². The van der Waals surface area contributed by atoms with Crippen molar-refractivity contribution in [1.82, 2.24) is 10.2 Å². The van der Waals surface area contributed by atoms with Crippen LogP contribution in [0, 0.1) is 0 Å². The lowest BCUT2D eigenvalue weighted by Gasteiger charge is -2.38. The summed E-state index contributed by atoms with van der Waals surface area (Å²) in [6, 6.07) is 0.625. The Morgan fingerprint density at radius 1 is 1.16 bits per heavy atom. The van der Waals surface area contributed by atoms with E-state index in [1.165, 1.54) is 38.9 Å². The van der Waals surface area contributed by atoms with Crippen LogP contribution in [0.4, 0.5) is 0 Å².